The Morgan fingerprint density at radius 3 is 2.46 bits per heavy atom. The van der Waals surface area contributed by atoms with E-state index in [9.17, 15) is 14.4 Å². The van der Waals surface area contributed by atoms with Crippen molar-refractivity contribution in [3.05, 3.63) is 30.3 Å². The number of amides is 2. The van der Waals surface area contributed by atoms with Crippen molar-refractivity contribution in [2.45, 2.75) is 50.5 Å². The second-order valence-corrected chi connectivity index (χ2v) is 7.78. The lowest BCUT2D eigenvalue weighted by atomic mass is 9.86. The molecule has 3 rings (SSSR count). The molecule has 0 aromatic heterocycles. The first-order chi connectivity index (χ1) is 13.5. The summed E-state index contributed by atoms with van der Waals surface area (Å²) in [6.45, 7) is 3.14. The Kier molecular flexibility index (Phi) is 6.54. The van der Waals surface area contributed by atoms with Gasteiger partial charge in [0.25, 0.3) is 0 Å². The van der Waals surface area contributed by atoms with E-state index in [2.05, 4.69) is 22.3 Å². The highest BCUT2D eigenvalue weighted by Crippen LogP contribution is 2.30. The molecule has 0 aliphatic carbocycles. The van der Waals surface area contributed by atoms with Crippen molar-refractivity contribution in [1.82, 2.24) is 10.2 Å². The Morgan fingerprint density at radius 1 is 1.04 bits per heavy atom. The average molecular weight is 387 g/mol. The van der Waals surface area contributed by atoms with E-state index in [1.165, 1.54) is 5.69 Å². The lowest BCUT2D eigenvalue weighted by molar-refractivity contribution is -0.137. The minimum Gasteiger partial charge on any atom is -0.481 e. The molecule has 2 aliphatic heterocycles. The summed E-state index contributed by atoms with van der Waals surface area (Å²) in [5.74, 6) is -0.836. The van der Waals surface area contributed by atoms with Gasteiger partial charge >= 0.3 is 5.97 Å². The molecule has 1 aromatic rings. The SMILES string of the molecule is O=C(O)CC[C@]1(CCC(=O)N2CCCN(c3ccccc3)CC2)CCC(=O)N1. The normalized spacial score (nSPS) is 22.6. The van der Waals surface area contributed by atoms with E-state index in [-0.39, 0.29) is 18.2 Å². The number of rotatable bonds is 7. The van der Waals surface area contributed by atoms with Gasteiger partial charge in [-0.05, 0) is 37.8 Å². The molecule has 152 valence electrons. The molecule has 2 aliphatic rings. The predicted molar refractivity (Wildman–Crippen MR) is 106 cm³/mol. The Morgan fingerprint density at radius 2 is 1.79 bits per heavy atom. The number of hydrogen-bond acceptors (Lipinski definition) is 4. The molecule has 0 spiro atoms. The number of aliphatic carboxylic acids is 1. The summed E-state index contributed by atoms with van der Waals surface area (Å²) in [4.78, 5) is 39.7. The third-order valence-corrected chi connectivity index (χ3v) is 5.84. The van der Waals surface area contributed by atoms with E-state index < -0.39 is 11.5 Å². The highest BCUT2D eigenvalue weighted by molar-refractivity contribution is 5.80. The predicted octanol–water partition coefficient (Wildman–Crippen LogP) is 2.02. The quantitative estimate of drug-likeness (QED) is 0.747. The van der Waals surface area contributed by atoms with E-state index in [1.54, 1.807) is 0 Å². The van der Waals surface area contributed by atoms with E-state index >= 15 is 0 Å². The summed E-state index contributed by atoms with van der Waals surface area (Å²) in [5, 5.41) is 11.9. The van der Waals surface area contributed by atoms with Crippen molar-refractivity contribution in [3.63, 3.8) is 0 Å². The maximum Gasteiger partial charge on any atom is 0.303 e. The number of hydrogen-bond donors (Lipinski definition) is 2. The number of carbonyl (C=O) groups is 3. The van der Waals surface area contributed by atoms with Gasteiger partial charge in [-0.3, -0.25) is 14.4 Å². The number of carbonyl (C=O) groups excluding carboxylic acids is 2. The number of nitrogens with one attached hydrogen (secondary N) is 1. The van der Waals surface area contributed by atoms with Crippen molar-refractivity contribution in [2.75, 3.05) is 31.1 Å². The molecule has 7 heteroatoms. The molecule has 7 nitrogen and oxygen atoms in total. The van der Waals surface area contributed by atoms with Gasteiger partial charge in [-0.15, -0.1) is 0 Å². The first kappa shape index (κ1) is 20.2. The van der Waals surface area contributed by atoms with Gasteiger partial charge in [0.15, 0.2) is 0 Å². The molecule has 0 saturated carbocycles. The van der Waals surface area contributed by atoms with Gasteiger partial charge in [0.2, 0.25) is 11.8 Å². The number of benzene rings is 1. The highest BCUT2D eigenvalue weighted by Gasteiger charge is 2.38. The van der Waals surface area contributed by atoms with Crippen LogP contribution in [0.1, 0.15) is 44.9 Å². The van der Waals surface area contributed by atoms with Crippen LogP contribution in [-0.2, 0) is 14.4 Å². The fraction of sp³-hybridized carbons (Fsp3) is 0.571. The van der Waals surface area contributed by atoms with Gasteiger partial charge in [0, 0.05) is 56.7 Å². The third-order valence-electron chi connectivity index (χ3n) is 5.84. The average Bonchev–Trinajstić information content (AvgIpc) is 2.91. The monoisotopic (exact) mass is 387 g/mol. The Balaban J connectivity index is 1.53. The number of carboxylic acid groups (broad SMARTS) is 1. The zero-order valence-corrected chi connectivity index (χ0v) is 16.2. The van der Waals surface area contributed by atoms with E-state index in [0.29, 0.717) is 38.6 Å². The molecule has 1 atom stereocenters. The largest absolute Gasteiger partial charge is 0.481 e. The smallest absolute Gasteiger partial charge is 0.303 e. The van der Waals surface area contributed by atoms with Crippen LogP contribution in [0.15, 0.2) is 30.3 Å². The first-order valence-electron chi connectivity index (χ1n) is 10.1. The number of para-hydroxylation sites is 1. The van der Waals surface area contributed by atoms with Crippen LogP contribution in [0.5, 0.6) is 0 Å². The van der Waals surface area contributed by atoms with Crippen molar-refractivity contribution >= 4 is 23.5 Å². The summed E-state index contributed by atoms with van der Waals surface area (Å²) >= 11 is 0. The van der Waals surface area contributed by atoms with Gasteiger partial charge in [-0.2, -0.15) is 0 Å². The summed E-state index contributed by atoms with van der Waals surface area (Å²) in [7, 11) is 0. The minimum absolute atomic E-state index is 0.00419. The van der Waals surface area contributed by atoms with Crippen molar-refractivity contribution in [2.24, 2.45) is 0 Å². The fourth-order valence-corrected chi connectivity index (χ4v) is 4.19. The van der Waals surface area contributed by atoms with Gasteiger partial charge in [-0.25, -0.2) is 0 Å². The summed E-state index contributed by atoms with van der Waals surface area (Å²) in [5.41, 5.74) is 0.630. The number of carboxylic acids is 1. The van der Waals surface area contributed by atoms with Crippen molar-refractivity contribution in [3.8, 4) is 0 Å². The lowest BCUT2D eigenvalue weighted by Gasteiger charge is -2.30. The molecule has 2 saturated heterocycles. The van der Waals surface area contributed by atoms with Crippen molar-refractivity contribution in [1.29, 1.82) is 0 Å². The maximum atomic E-state index is 12.8. The molecule has 1 aromatic carbocycles. The van der Waals surface area contributed by atoms with Crippen LogP contribution in [0.2, 0.25) is 0 Å². The molecule has 0 bridgehead atoms. The van der Waals surface area contributed by atoms with Crippen molar-refractivity contribution < 1.29 is 19.5 Å². The Labute approximate surface area is 165 Å². The minimum atomic E-state index is -0.875. The van der Waals surface area contributed by atoms with Gasteiger partial charge in [0.1, 0.15) is 0 Å². The lowest BCUT2D eigenvalue weighted by Crippen LogP contribution is -2.43. The molecular weight excluding hydrogens is 358 g/mol. The molecule has 0 unspecified atom stereocenters. The number of anilines is 1. The molecule has 28 heavy (non-hydrogen) atoms. The molecule has 2 heterocycles. The molecular formula is C21H29N3O4. The first-order valence-corrected chi connectivity index (χ1v) is 10.1. The molecule has 2 amide bonds. The maximum absolute atomic E-state index is 12.8. The van der Waals surface area contributed by atoms with E-state index in [4.69, 9.17) is 5.11 Å². The Hall–Kier alpha value is -2.57. The standard InChI is InChI=1S/C21H29N3O4/c25-18-7-10-21(22-18,12-9-20(27)28)11-8-19(26)24-14-4-13-23(15-16-24)17-5-2-1-3-6-17/h1-3,5-6H,4,7-16H2,(H,22,25)(H,27,28)/t21-/m1/s1. The molecule has 2 N–H and O–H groups in total. The zero-order chi connectivity index (χ0) is 20.0. The summed E-state index contributed by atoms with van der Waals surface area (Å²) in [6.07, 6.45) is 3.15. The summed E-state index contributed by atoms with van der Waals surface area (Å²) < 4.78 is 0. The van der Waals surface area contributed by atoms with Crippen LogP contribution in [0, 0.1) is 0 Å². The van der Waals surface area contributed by atoms with E-state index in [1.807, 2.05) is 23.1 Å². The molecule has 2 fully saturated rings. The van der Waals surface area contributed by atoms with Crippen LogP contribution in [0.3, 0.4) is 0 Å². The van der Waals surface area contributed by atoms with Crippen LogP contribution in [0.25, 0.3) is 0 Å². The second kappa shape index (κ2) is 9.08. The van der Waals surface area contributed by atoms with Crippen LogP contribution in [0.4, 0.5) is 5.69 Å². The zero-order valence-electron chi connectivity index (χ0n) is 16.2. The second-order valence-electron chi connectivity index (χ2n) is 7.78. The topological polar surface area (TPSA) is 90.0 Å². The molecule has 0 radical (unpaired) electrons. The van der Waals surface area contributed by atoms with E-state index in [0.717, 1.165) is 26.1 Å². The van der Waals surface area contributed by atoms with Crippen LogP contribution >= 0.6 is 0 Å². The third kappa shape index (κ3) is 5.24. The summed E-state index contributed by atoms with van der Waals surface area (Å²) in [6, 6.07) is 10.2. The van der Waals surface area contributed by atoms with Crippen LogP contribution in [-0.4, -0.2) is 59.5 Å². The highest BCUT2D eigenvalue weighted by atomic mass is 16.4. The number of nitrogens with zero attached hydrogens (tertiary/aromatic N) is 2. The van der Waals surface area contributed by atoms with Gasteiger partial charge in [-0.1, -0.05) is 18.2 Å². The van der Waals surface area contributed by atoms with Crippen LogP contribution < -0.4 is 10.2 Å². The fourth-order valence-electron chi connectivity index (χ4n) is 4.19. The Bertz CT molecular complexity index is 709. The van der Waals surface area contributed by atoms with Gasteiger partial charge in [0.05, 0.1) is 0 Å². The van der Waals surface area contributed by atoms with Gasteiger partial charge < -0.3 is 20.2 Å².